The second-order valence-electron chi connectivity index (χ2n) is 5.06. The smallest absolute Gasteiger partial charge is 0.318 e. The van der Waals surface area contributed by atoms with E-state index in [1.807, 2.05) is 36.5 Å². The van der Waals surface area contributed by atoms with Crippen molar-refractivity contribution in [1.82, 2.24) is 5.32 Å². The lowest BCUT2D eigenvalue weighted by atomic mass is 10.1. The molecular weight excluding hydrogens is 304 g/mol. The van der Waals surface area contributed by atoms with Crippen molar-refractivity contribution in [2.45, 2.75) is 31.8 Å². The van der Waals surface area contributed by atoms with E-state index in [1.165, 1.54) is 11.8 Å². The molecule has 0 saturated heterocycles. The number of thioether (sulfide) groups is 1. The Labute approximate surface area is 133 Å². The topological polar surface area (TPSA) is 98.5 Å². The van der Waals surface area contributed by atoms with Crippen LogP contribution < -0.4 is 11.1 Å². The van der Waals surface area contributed by atoms with E-state index in [9.17, 15) is 14.4 Å². The number of rotatable bonds is 6. The van der Waals surface area contributed by atoms with Gasteiger partial charge in [-0.05, 0) is 24.5 Å². The van der Waals surface area contributed by atoms with Crippen LogP contribution in [-0.2, 0) is 14.3 Å². The highest BCUT2D eigenvalue weighted by Gasteiger charge is 2.27. The van der Waals surface area contributed by atoms with E-state index in [1.54, 1.807) is 13.8 Å². The number of imide groups is 1. The Hall–Kier alpha value is -2.02. The minimum absolute atomic E-state index is 0.0813. The molecule has 7 heteroatoms. The van der Waals surface area contributed by atoms with Crippen LogP contribution in [0.15, 0.2) is 29.2 Å². The number of benzene rings is 1. The summed E-state index contributed by atoms with van der Waals surface area (Å²) in [5.41, 5.74) is 5.96. The summed E-state index contributed by atoms with van der Waals surface area (Å²) in [6, 6.07) is 6.69. The fourth-order valence-corrected chi connectivity index (χ4v) is 2.53. The molecule has 0 bridgehead atoms. The molecule has 1 aromatic rings. The molecule has 0 aliphatic rings. The second-order valence-corrected chi connectivity index (χ2v) is 6.08. The van der Waals surface area contributed by atoms with Crippen molar-refractivity contribution < 1.29 is 19.1 Å². The van der Waals surface area contributed by atoms with E-state index in [-0.39, 0.29) is 11.7 Å². The highest BCUT2D eigenvalue weighted by atomic mass is 32.2. The first-order chi connectivity index (χ1) is 10.3. The maximum absolute atomic E-state index is 11.9. The maximum atomic E-state index is 11.9. The number of aryl methyl sites for hydroxylation is 1. The second kappa shape index (κ2) is 8.43. The number of primary amides is 1. The van der Waals surface area contributed by atoms with Crippen LogP contribution in [0.2, 0.25) is 0 Å². The lowest BCUT2D eigenvalue weighted by Gasteiger charge is -2.19. The predicted octanol–water partition coefficient (Wildman–Crippen LogP) is 1.85. The normalized spacial score (nSPS) is 11.8. The number of urea groups is 1. The Morgan fingerprint density at radius 1 is 1.27 bits per heavy atom. The monoisotopic (exact) mass is 324 g/mol. The first-order valence-corrected chi connectivity index (χ1v) is 7.78. The van der Waals surface area contributed by atoms with Crippen molar-refractivity contribution in [3.8, 4) is 0 Å². The molecule has 3 N–H and O–H groups in total. The van der Waals surface area contributed by atoms with E-state index < -0.39 is 24.0 Å². The summed E-state index contributed by atoms with van der Waals surface area (Å²) < 4.78 is 5.16. The highest BCUT2D eigenvalue weighted by molar-refractivity contribution is 8.00. The van der Waals surface area contributed by atoms with E-state index in [0.29, 0.717) is 0 Å². The zero-order chi connectivity index (χ0) is 16.7. The molecule has 120 valence electrons. The molecule has 0 aromatic heterocycles. The Morgan fingerprint density at radius 3 is 2.45 bits per heavy atom. The molecule has 3 amide bonds. The van der Waals surface area contributed by atoms with E-state index in [0.717, 1.165) is 10.5 Å². The van der Waals surface area contributed by atoms with Gasteiger partial charge in [-0.25, -0.2) is 4.79 Å². The molecule has 0 spiro atoms. The third-order valence-corrected chi connectivity index (χ3v) is 3.96. The third kappa shape index (κ3) is 5.77. The molecule has 6 nitrogen and oxygen atoms in total. The SMILES string of the molecule is Cc1ccccc1SCC(=O)O[C@H](C(=O)NC(N)=O)C(C)C. The van der Waals surface area contributed by atoms with Gasteiger partial charge in [0.15, 0.2) is 6.10 Å². The van der Waals surface area contributed by atoms with Gasteiger partial charge in [-0.1, -0.05) is 32.0 Å². The molecule has 1 aromatic carbocycles. The first-order valence-electron chi connectivity index (χ1n) is 6.79. The zero-order valence-electron chi connectivity index (χ0n) is 12.8. The molecule has 0 heterocycles. The molecule has 1 rings (SSSR count). The van der Waals surface area contributed by atoms with Gasteiger partial charge in [0, 0.05) is 4.90 Å². The van der Waals surface area contributed by atoms with Crippen LogP contribution in [0.3, 0.4) is 0 Å². The molecule has 22 heavy (non-hydrogen) atoms. The molecular formula is C15H20N2O4S. The average molecular weight is 324 g/mol. The Balaban J connectivity index is 2.59. The highest BCUT2D eigenvalue weighted by Crippen LogP contribution is 2.22. The zero-order valence-corrected chi connectivity index (χ0v) is 13.6. The lowest BCUT2D eigenvalue weighted by molar-refractivity contribution is -0.155. The van der Waals surface area contributed by atoms with Crippen molar-refractivity contribution in [2.75, 3.05) is 5.75 Å². The average Bonchev–Trinajstić information content (AvgIpc) is 2.42. The van der Waals surface area contributed by atoms with Crippen molar-refractivity contribution in [3.05, 3.63) is 29.8 Å². The van der Waals surface area contributed by atoms with E-state index in [2.05, 4.69) is 0 Å². The molecule has 0 radical (unpaired) electrons. The minimum Gasteiger partial charge on any atom is -0.451 e. The van der Waals surface area contributed by atoms with Crippen molar-refractivity contribution in [1.29, 1.82) is 0 Å². The first kappa shape index (κ1) is 18.0. The van der Waals surface area contributed by atoms with Gasteiger partial charge in [0.1, 0.15) is 0 Å². The quantitative estimate of drug-likeness (QED) is 0.614. The van der Waals surface area contributed by atoms with Gasteiger partial charge in [0.25, 0.3) is 5.91 Å². The number of hydrogen-bond donors (Lipinski definition) is 2. The minimum atomic E-state index is -1.04. The van der Waals surface area contributed by atoms with Crippen LogP contribution in [-0.4, -0.2) is 29.8 Å². The number of nitrogens with one attached hydrogen (secondary N) is 1. The van der Waals surface area contributed by atoms with Gasteiger partial charge < -0.3 is 10.5 Å². The number of amides is 3. The number of carbonyl (C=O) groups excluding carboxylic acids is 3. The number of ether oxygens (including phenoxy) is 1. The number of carbonyl (C=O) groups is 3. The van der Waals surface area contributed by atoms with Gasteiger partial charge in [0.05, 0.1) is 5.75 Å². The fraction of sp³-hybridized carbons (Fsp3) is 0.400. The van der Waals surface area contributed by atoms with Crippen LogP contribution >= 0.6 is 11.8 Å². The van der Waals surface area contributed by atoms with Gasteiger partial charge in [-0.15, -0.1) is 11.8 Å². The van der Waals surface area contributed by atoms with Crippen LogP contribution in [0, 0.1) is 12.8 Å². The Kier molecular flexibility index (Phi) is 6.91. The van der Waals surface area contributed by atoms with Crippen molar-refractivity contribution in [2.24, 2.45) is 11.7 Å². The largest absolute Gasteiger partial charge is 0.451 e. The number of esters is 1. The fourth-order valence-electron chi connectivity index (χ4n) is 1.72. The molecule has 0 saturated carbocycles. The van der Waals surface area contributed by atoms with Crippen LogP contribution in [0.1, 0.15) is 19.4 Å². The standard InChI is InChI=1S/C15H20N2O4S/c1-9(2)13(14(19)17-15(16)20)21-12(18)8-22-11-7-5-4-6-10(11)3/h4-7,9,13H,8H2,1-3H3,(H3,16,17,19,20)/t13-/m0/s1. The summed E-state index contributed by atoms with van der Waals surface area (Å²) in [4.78, 5) is 35.3. The molecule has 0 fully saturated rings. The summed E-state index contributed by atoms with van der Waals surface area (Å²) in [6.07, 6.45) is -1.04. The molecule has 0 aliphatic heterocycles. The Bertz CT molecular complexity index is 560. The lowest BCUT2D eigenvalue weighted by Crippen LogP contribution is -2.45. The molecule has 0 aliphatic carbocycles. The molecule has 1 atom stereocenters. The number of nitrogens with two attached hydrogens (primary N) is 1. The van der Waals surface area contributed by atoms with E-state index >= 15 is 0 Å². The van der Waals surface area contributed by atoms with Gasteiger partial charge in [0.2, 0.25) is 0 Å². The summed E-state index contributed by atoms with van der Waals surface area (Å²) in [7, 11) is 0. The van der Waals surface area contributed by atoms with Crippen molar-refractivity contribution >= 4 is 29.7 Å². The van der Waals surface area contributed by atoms with E-state index in [4.69, 9.17) is 10.5 Å². The Morgan fingerprint density at radius 2 is 1.91 bits per heavy atom. The number of hydrogen-bond acceptors (Lipinski definition) is 5. The summed E-state index contributed by atoms with van der Waals surface area (Å²) >= 11 is 1.34. The molecule has 0 unspecified atom stereocenters. The predicted molar refractivity (Wildman–Crippen MR) is 84.3 cm³/mol. The van der Waals surface area contributed by atoms with Gasteiger partial charge in [-0.2, -0.15) is 0 Å². The van der Waals surface area contributed by atoms with Crippen LogP contribution in [0.25, 0.3) is 0 Å². The summed E-state index contributed by atoms with van der Waals surface area (Å²) in [5, 5.41) is 1.93. The van der Waals surface area contributed by atoms with Crippen molar-refractivity contribution in [3.63, 3.8) is 0 Å². The third-order valence-electron chi connectivity index (χ3n) is 2.81. The maximum Gasteiger partial charge on any atom is 0.318 e. The van der Waals surface area contributed by atoms with Gasteiger partial charge in [-0.3, -0.25) is 14.9 Å². The van der Waals surface area contributed by atoms with Crippen LogP contribution in [0.4, 0.5) is 4.79 Å². The van der Waals surface area contributed by atoms with Crippen LogP contribution in [0.5, 0.6) is 0 Å². The van der Waals surface area contributed by atoms with Gasteiger partial charge >= 0.3 is 12.0 Å². The summed E-state index contributed by atoms with van der Waals surface area (Å²) in [6.45, 7) is 5.38. The summed E-state index contributed by atoms with van der Waals surface area (Å²) in [5.74, 6) is -1.42.